The summed E-state index contributed by atoms with van der Waals surface area (Å²) in [5.41, 5.74) is 2.95. The summed E-state index contributed by atoms with van der Waals surface area (Å²) < 4.78 is 20.1. The molecule has 0 fully saturated rings. The van der Waals surface area contributed by atoms with Crippen molar-refractivity contribution >= 4 is 11.8 Å². The van der Waals surface area contributed by atoms with Crippen LogP contribution >= 0.6 is 0 Å². The minimum absolute atomic E-state index is 0.134. The van der Waals surface area contributed by atoms with E-state index in [2.05, 4.69) is 0 Å². The molecule has 0 unspecified atom stereocenters. The molecule has 3 aromatic rings. The van der Waals surface area contributed by atoms with Crippen LogP contribution in [-0.2, 0) is 17.7 Å². The van der Waals surface area contributed by atoms with Gasteiger partial charge < -0.3 is 19.5 Å². The van der Waals surface area contributed by atoms with Crippen molar-refractivity contribution in [2.45, 2.75) is 26.8 Å². The molecule has 2 N–H and O–H groups in total. The van der Waals surface area contributed by atoms with Gasteiger partial charge in [-0.2, -0.15) is 0 Å². The molecule has 0 saturated heterocycles. The molecule has 6 nitrogen and oxygen atoms in total. The number of aryl methyl sites for hydroxylation is 2. The van der Waals surface area contributed by atoms with Gasteiger partial charge in [-0.15, -0.1) is 0 Å². The average molecular weight is 411 g/mol. The number of halogens is 1. The van der Waals surface area contributed by atoms with Crippen LogP contribution in [0, 0.1) is 19.7 Å². The summed E-state index contributed by atoms with van der Waals surface area (Å²) in [4.78, 5) is 24.7. The van der Waals surface area contributed by atoms with Gasteiger partial charge in [0, 0.05) is 29.6 Å². The van der Waals surface area contributed by atoms with Gasteiger partial charge in [0.15, 0.2) is 6.61 Å². The van der Waals surface area contributed by atoms with Crippen molar-refractivity contribution in [2.75, 3.05) is 6.61 Å². The Morgan fingerprint density at radius 1 is 1.00 bits per heavy atom. The van der Waals surface area contributed by atoms with E-state index in [-0.39, 0.29) is 22.9 Å². The fraction of sp³-hybridized carbons (Fsp3) is 0.217. The van der Waals surface area contributed by atoms with Crippen molar-refractivity contribution in [1.82, 2.24) is 4.57 Å². The van der Waals surface area contributed by atoms with Crippen LogP contribution in [0.5, 0.6) is 11.5 Å². The van der Waals surface area contributed by atoms with E-state index in [1.165, 1.54) is 24.3 Å². The summed E-state index contributed by atoms with van der Waals surface area (Å²) in [6.45, 7) is 3.85. The number of ketones is 1. The van der Waals surface area contributed by atoms with Crippen LogP contribution in [0.2, 0.25) is 0 Å². The number of phenolic OH excluding ortho intramolecular Hbond substituents is 2. The van der Waals surface area contributed by atoms with Gasteiger partial charge in [-0.25, -0.2) is 9.18 Å². The molecule has 0 aliphatic rings. The summed E-state index contributed by atoms with van der Waals surface area (Å²) in [7, 11) is 0. The molecule has 3 rings (SSSR count). The number of phenols is 2. The maximum atomic E-state index is 13.0. The number of hydrogen-bond acceptors (Lipinski definition) is 5. The minimum Gasteiger partial charge on any atom is -0.508 e. The second-order valence-corrected chi connectivity index (χ2v) is 7.01. The zero-order chi connectivity index (χ0) is 21.8. The molecule has 0 amide bonds. The van der Waals surface area contributed by atoms with Crippen LogP contribution < -0.4 is 0 Å². The number of Topliss-reactive ketones (excluding diaryl/α,β-unsaturated/α-hetero) is 1. The molecule has 1 aromatic heterocycles. The lowest BCUT2D eigenvalue weighted by atomic mass is 10.1. The van der Waals surface area contributed by atoms with E-state index in [4.69, 9.17) is 4.74 Å². The highest BCUT2D eigenvalue weighted by atomic mass is 19.1. The highest BCUT2D eigenvalue weighted by Crippen LogP contribution is 2.23. The molecule has 0 atom stereocenters. The fourth-order valence-corrected chi connectivity index (χ4v) is 3.30. The molecule has 30 heavy (non-hydrogen) atoms. The summed E-state index contributed by atoms with van der Waals surface area (Å²) in [5, 5.41) is 19.0. The Bertz CT molecular complexity index is 1090. The molecule has 7 heteroatoms. The number of nitrogens with zero attached hydrogens (tertiary/aromatic N) is 1. The summed E-state index contributed by atoms with van der Waals surface area (Å²) in [6.07, 6.45) is 0.680. The predicted octanol–water partition coefficient (Wildman–Crippen LogP) is 3.94. The number of benzene rings is 2. The highest BCUT2D eigenvalue weighted by Gasteiger charge is 2.19. The van der Waals surface area contributed by atoms with E-state index in [0.717, 1.165) is 23.0 Å². The third-order valence-electron chi connectivity index (χ3n) is 4.95. The van der Waals surface area contributed by atoms with Crippen molar-refractivity contribution in [2.24, 2.45) is 0 Å². The lowest BCUT2D eigenvalue weighted by molar-refractivity contribution is 0.0471. The first kappa shape index (κ1) is 21.1. The van der Waals surface area contributed by atoms with Crippen LogP contribution in [0.1, 0.15) is 37.7 Å². The van der Waals surface area contributed by atoms with Crippen LogP contribution in [0.25, 0.3) is 0 Å². The molecule has 0 aliphatic carbocycles. The predicted molar refractivity (Wildman–Crippen MR) is 108 cm³/mol. The molecule has 1 heterocycles. The smallest absolute Gasteiger partial charge is 0.342 e. The Balaban J connectivity index is 1.65. The van der Waals surface area contributed by atoms with Crippen molar-refractivity contribution in [3.8, 4) is 11.5 Å². The second-order valence-electron chi connectivity index (χ2n) is 7.01. The number of esters is 1. The van der Waals surface area contributed by atoms with Crippen molar-refractivity contribution in [3.63, 3.8) is 0 Å². The first-order chi connectivity index (χ1) is 14.3. The number of carbonyl (C=O) groups excluding carboxylic acids is 2. The van der Waals surface area contributed by atoms with E-state index in [1.807, 2.05) is 18.4 Å². The number of rotatable bonds is 7. The van der Waals surface area contributed by atoms with Crippen LogP contribution in [0.15, 0.2) is 48.5 Å². The number of hydrogen-bond donors (Lipinski definition) is 2. The largest absolute Gasteiger partial charge is 0.508 e. The molecule has 156 valence electrons. The SMILES string of the molecule is Cc1cc(C(=O)COC(=O)c2ccc(O)cc2O)c(C)n1CCc1ccc(F)cc1. The average Bonchev–Trinajstić information content (AvgIpc) is 2.99. The highest BCUT2D eigenvalue weighted by molar-refractivity contribution is 6.01. The monoisotopic (exact) mass is 411 g/mol. The second kappa shape index (κ2) is 8.82. The maximum Gasteiger partial charge on any atom is 0.342 e. The third kappa shape index (κ3) is 4.68. The molecule has 0 bridgehead atoms. The van der Waals surface area contributed by atoms with Crippen molar-refractivity contribution < 1.29 is 28.9 Å². The summed E-state index contributed by atoms with van der Waals surface area (Å²) in [6, 6.07) is 11.5. The van der Waals surface area contributed by atoms with E-state index < -0.39 is 18.3 Å². The van der Waals surface area contributed by atoms with Crippen LogP contribution in [0.3, 0.4) is 0 Å². The van der Waals surface area contributed by atoms with Gasteiger partial charge in [0.05, 0.1) is 0 Å². The summed E-state index contributed by atoms with van der Waals surface area (Å²) >= 11 is 0. The third-order valence-corrected chi connectivity index (χ3v) is 4.95. The van der Waals surface area contributed by atoms with Gasteiger partial charge >= 0.3 is 5.97 Å². The molecule has 0 aliphatic heterocycles. The van der Waals surface area contributed by atoms with Gasteiger partial charge in [0.2, 0.25) is 5.78 Å². The first-order valence-corrected chi connectivity index (χ1v) is 9.39. The van der Waals surface area contributed by atoms with Crippen LogP contribution in [-0.4, -0.2) is 33.1 Å². The van der Waals surface area contributed by atoms with E-state index in [1.54, 1.807) is 18.2 Å². The molecule has 0 spiro atoms. The lowest BCUT2D eigenvalue weighted by Crippen LogP contribution is -2.15. The molecular formula is C23H22FNO5. The Labute approximate surface area is 173 Å². The zero-order valence-electron chi connectivity index (χ0n) is 16.7. The van der Waals surface area contributed by atoms with Crippen molar-refractivity contribution in [3.05, 3.63) is 82.4 Å². The maximum absolute atomic E-state index is 13.0. The number of aromatic hydroxyl groups is 2. The topological polar surface area (TPSA) is 88.8 Å². The first-order valence-electron chi connectivity index (χ1n) is 9.39. The Morgan fingerprint density at radius 2 is 1.70 bits per heavy atom. The van der Waals surface area contributed by atoms with E-state index in [0.29, 0.717) is 18.5 Å². The number of carbonyl (C=O) groups is 2. The fourth-order valence-electron chi connectivity index (χ4n) is 3.30. The standard InChI is InChI=1S/C23H22FNO5/c1-14-11-20(15(2)25(14)10-9-16-3-5-17(24)6-4-16)22(28)13-30-23(29)19-8-7-18(26)12-21(19)27/h3-8,11-12,26-27H,9-10,13H2,1-2H3. The number of ether oxygens (including phenoxy) is 1. The van der Waals surface area contributed by atoms with E-state index >= 15 is 0 Å². The van der Waals surface area contributed by atoms with Crippen LogP contribution in [0.4, 0.5) is 4.39 Å². The molecule has 2 aromatic carbocycles. The normalized spacial score (nSPS) is 10.8. The zero-order valence-corrected chi connectivity index (χ0v) is 16.7. The van der Waals surface area contributed by atoms with Gasteiger partial charge in [0.25, 0.3) is 0 Å². The summed E-state index contributed by atoms with van der Waals surface area (Å²) in [5.74, 6) is -2.11. The van der Waals surface area contributed by atoms with E-state index in [9.17, 15) is 24.2 Å². The lowest BCUT2D eigenvalue weighted by Gasteiger charge is -2.10. The van der Waals surface area contributed by atoms with Gasteiger partial charge in [-0.3, -0.25) is 4.79 Å². The van der Waals surface area contributed by atoms with Gasteiger partial charge in [-0.1, -0.05) is 12.1 Å². The quantitative estimate of drug-likeness (QED) is 0.454. The van der Waals surface area contributed by atoms with Crippen molar-refractivity contribution in [1.29, 1.82) is 0 Å². The molecular weight excluding hydrogens is 389 g/mol. The Morgan fingerprint density at radius 3 is 2.37 bits per heavy atom. The minimum atomic E-state index is -0.856. The van der Waals surface area contributed by atoms with Gasteiger partial charge in [-0.05, 0) is 56.2 Å². The number of aromatic nitrogens is 1. The Kier molecular flexibility index (Phi) is 6.20. The van der Waals surface area contributed by atoms with Gasteiger partial charge in [0.1, 0.15) is 22.9 Å². The molecule has 0 radical (unpaired) electrons. The molecule has 0 saturated carbocycles. The Hall–Kier alpha value is -3.61.